The summed E-state index contributed by atoms with van der Waals surface area (Å²) in [5.41, 5.74) is 3.09. The van der Waals surface area contributed by atoms with Gasteiger partial charge in [-0.25, -0.2) is 0 Å². The molecule has 0 saturated carbocycles. The summed E-state index contributed by atoms with van der Waals surface area (Å²) < 4.78 is 1.30. The van der Waals surface area contributed by atoms with Crippen LogP contribution in [0.15, 0.2) is 22.7 Å². The summed E-state index contributed by atoms with van der Waals surface area (Å²) in [7, 11) is 0. The van der Waals surface area contributed by atoms with Gasteiger partial charge in [-0.15, -0.1) is 0 Å². The van der Waals surface area contributed by atoms with Gasteiger partial charge in [0.15, 0.2) is 0 Å². The lowest BCUT2D eigenvalue weighted by atomic mass is 9.87. The number of piperazine rings is 1. The van der Waals surface area contributed by atoms with E-state index in [1.54, 1.807) is 11.1 Å². The van der Waals surface area contributed by atoms with E-state index < -0.39 is 0 Å². The molecule has 3 heteroatoms. The summed E-state index contributed by atoms with van der Waals surface area (Å²) in [4.78, 5) is 2.67. The van der Waals surface area contributed by atoms with E-state index in [4.69, 9.17) is 0 Å². The van der Waals surface area contributed by atoms with Gasteiger partial charge in [-0.05, 0) is 36.5 Å². The van der Waals surface area contributed by atoms with Gasteiger partial charge in [0, 0.05) is 36.7 Å². The lowest BCUT2D eigenvalue weighted by Gasteiger charge is -2.37. The van der Waals surface area contributed by atoms with Crippen molar-refractivity contribution in [3.63, 3.8) is 0 Å². The van der Waals surface area contributed by atoms with Gasteiger partial charge in [0.1, 0.15) is 0 Å². The molecule has 0 radical (unpaired) electrons. The zero-order chi connectivity index (χ0) is 11.7. The molecule has 2 aliphatic rings. The molecule has 1 heterocycles. The maximum absolute atomic E-state index is 3.67. The molecule has 1 N–H and O–H groups in total. The van der Waals surface area contributed by atoms with E-state index in [1.807, 2.05) is 0 Å². The van der Waals surface area contributed by atoms with Crippen LogP contribution in [0.4, 0.5) is 0 Å². The molecule has 1 aromatic carbocycles. The van der Waals surface area contributed by atoms with E-state index in [-0.39, 0.29) is 0 Å². The quantitative estimate of drug-likeness (QED) is 0.854. The van der Waals surface area contributed by atoms with Crippen LogP contribution in [0.5, 0.6) is 0 Å². The normalized spacial score (nSPS) is 25.6. The Morgan fingerprint density at radius 1 is 1.24 bits per heavy atom. The standard InChI is InChI=1S/C14H19BrN2/c15-14-3-1-2-11-10-12(4-5-13(11)14)17-8-6-16-7-9-17/h1-3,12,16H,4-10H2. The van der Waals surface area contributed by atoms with Crippen LogP contribution in [-0.2, 0) is 12.8 Å². The summed E-state index contributed by atoms with van der Waals surface area (Å²) in [6, 6.07) is 7.40. The molecule has 2 nitrogen and oxygen atoms in total. The Hall–Kier alpha value is -0.380. The van der Waals surface area contributed by atoms with Crippen LogP contribution in [0.25, 0.3) is 0 Å². The zero-order valence-corrected chi connectivity index (χ0v) is 11.7. The van der Waals surface area contributed by atoms with Crippen molar-refractivity contribution in [2.75, 3.05) is 26.2 Å². The van der Waals surface area contributed by atoms with Gasteiger partial charge in [-0.1, -0.05) is 28.1 Å². The average molecular weight is 295 g/mol. The topological polar surface area (TPSA) is 15.3 Å². The molecule has 0 bridgehead atoms. The second kappa shape index (κ2) is 5.09. The molecule has 17 heavy (non-hydrogen) atoms. The van der Waals surface area contributed by atoms with Crippen LogP contribution in [0, 0.1) is 0 Å². The Kier molecular flexibility index (Phi) is 3.50. The van der Waals surface area contributed by atoms with Crippen LogP contribution in [0.2, 0.25) is 0 Å². The van der Waals surface area contributed by atoms with Crippen molar-refractivity contribution in [1.29, 1.82) is 0 Å². The maximum Gasteiger partial charge on any atom is 0.0210 e. The van der Waals surface area contributed by atoms with Crippen molar-refractivity contribution < 1.29 is 0 Å². The molecule has 1 atom stereocenters. The highest BCUT2D eigenvalue weighted by molar-refractivity contribution is 9.10. The Bertz CT molecular complexity index is 399. The van der Waals surface area contributed by atoms with Crippen molar-refractivity contribution >= 4 is 15.9 Å². The Labute approximate surface area is 112 Å². The van der Waals surface area contributed by atoms with Gasteiger partial charge in [0.2, 0.25) is 0 Å². The van der Waals surface area contributed by atoms with Gasteiger partial charge in [-0.3, -0.25) is 4.90 Å². The number of nitrogens with zero attached hydrogens (tertiary/aromatic N) is 1. The number of fused-ring (bicyclic) bond motifs is 1. The molecule has 1 aromatic rings. The number of nitrogens with one attached hydrogen (secondary N) is 1. The number of rotatable bonds is 1. The first kappa shape index (κ1) is 11.7. The van der Waals surface area contributed by atoms with E-state index in [1.165, 1.54) is 36.8 Å². The zero-order valence-electron chi connectivity index (χ0n) is 10.1. The van der Waals surface area contributed by atoms with Crippen LogP contribution >= 0.6 is 15.9 Å². The number of hydrogen-bond acceptors (Lipinski definition) is 2. The van der Waals surface area contributed by atoms with Crippen LogP contribution in [0.1, 0.15) is 17.5 Å². The fourth-order valence-corrected chi connectivity index (χ4v) is 3.71. The van der Waals surface area contributed by atoms with Gasteiger partial charge in [-0.2, -0.15) is 0 Å². The predicted molar refractivity (Wildman–Crippen MR) is 74.4 cm³/mol. The van der Waals surface area contributed by atoms with Gasteiger partial charge in [0.25, 0.3) is 0 Å². The number of halogens is 1. The van der Waals surface area contributed by atoms with Crippen molar-refractivity contribution in [2.24, 2.45) is 0 Å². The van der Waals surface area contributed by atoms with Gasteiger partial charge < -0.3 is 5.32 Å². The van der Waals surface area contributed by atoms with E-state index in [0.717, 1.165) is 19.1 Å². The SMILES string of the molecule is Brc1cccc2c1CCC(N1CCNCC1)C2. The molecule has 1 fully saturated rings. The minimum absolute atomic E-state index is 0.763. The highest BCUT2D eigenvalue weighted by Gasteiger charge is 2.25. The van der Waals surface area contributed by atoms with Gasteiger partial charge >= 0.3 is 0 Å². The van der Waals surface area contributed by atoms with Gasteiger partial charge in [0.05, 0.1) is 0 Å². The minimum Gasteiger partial charge on any atom is -0.314 e. The van der Waals surface area contributed by atoms with E-state index in [2.05, 4.69) is 44.3 Å². The highest BCUT2D eigenvalue weighted by Crippen LogP contribution is 2.30. The Morgan fingerprint density at radius 2 is 2.06 bits per heavy atom. The van der Waals surface area contributed by atoms with Crippen LogP contribution in [-0.4, -0.2) is 37.1 Å². The second-order valence-electron chi connectivity index (χ2n) is 5.06. The fourth-order valence-electron chi connectivity index (χ4n) is 3.10. The van der Waals surface area contributed by atoms with Crippen LogP contribution < -0.4 is 5.32 Å². The first-order chi connectivity index (χ1) is 8.34. The first-order valence-corrected chi connectivity index (χ1v) is 7.35. The third-order valence-corrected chi connectivity index (χ3v) is 4.81. The monoisotopic (exact) mass is 294 g/mol. The molecule has 92 valence electrons. The predicted octanol–water partition coefficient (Wildman–Crippen LogP) is 2.21. The Balaban J connectivity index is 1.76. The summed E-state index contributed by atoms with van der Waals surface area (Å²) in [6.45, 7) is 4.74. The van der Waals surface area contributed by atoms with E-state index in [0.29, 0.717) is 0 Å². The smallest absolute Gasteiger partial charge is 0.0210 e. The highest BCUT2D eigenvalue weighted by atomic mass is 79.9. The third-order valence-electron chi connectivity index (χ3n) is 4.07. The number of hydrogen-bond donors (Lipinski definition) is 1. The molecule has 0 amide bonds. The lowest BCUT2D eigenvalue weighted by molar-refractivity contribution is 0.159. The van der Waals surface area contributed by atoms with Crippen molar-refractivity contribution in [3.05, 3.63) is 33.8 Å². The molecular formula is C14H19BrN2. The first-order valence-electron chi connectivity index (χ1n) is 6.55. The largest absolute Gasteiger partial charge is 0.314 e. The molecule has 3 rings (SSSR count). The van der Waals surface area contributed by atoms with Crippen molar-refractivity contribution in [1.82, 2.24) is 10.2 Å². The summed E-state index contributed by atoms with van der Waals surface area (Å²) in [5.74, 6) is 0. The summed E-state index contributed by atoms with van der Waals surface area (Å²) >= 11 is 3.67. The molecule has 1 saturated heterocycles. The maximum atomic E-state index is 3.67. The third kappa shape index (κ3) is 2.42. The summed E-state index contributed by atoms with van der Waals surface area (Å²) in [6.07, 6.45) is 3.77. The van der Waals surface area contributed by atoms with E-state index in [9.17, 15) is 0 Å². The molecule has 1 aliphatic heterocycles. The summed E-state index contributed by atoms with van der Waals surface area (Å²) in [5, 5.41) is 3.43. The van der Waals surface area contributed by atoms with Crippen molar-refractivity contribution in [3.8, 4) is 0 Å². The molecular weight excluding hydrogens is 276 g/mol. The van der Waals surface area contributed by atoms with Crippen molar-refractivity contribution in [2.45, 2.75) is 25.3 Å². The number of benzene rings is 1. The average Bonchev–Trinajstić information content (AvgIpc) is 2.40. The molecule has 1 unspecified atom stereocenters. The molecule has 1 aliphatic carbocycles. The van der Waals surface area contributed by atoms with Crippen LogP contribution in [0.3, 0.4) is 0 Å². The molecule has 0 spiro atoms. The second-order valence-corrected chi connectivity index (χ2v) is 5.91. The fraction of sp³-hybridized carbons (Fsp3) is 0.571. The lowest BCUT2D eigenvalue weighted by Crippen LogP contribution is -2.50. The van der Waals surface area contributed by atoms with E-state index >= 15 is 0 Å². The minimum atomic E-state index is 0.763. The Morgan fingerprint density at radius 3 is 2.88 bits per heavy atom. The molecule has 0 aromatic heterocycles.